The molecule has 1 amide bonds. The molecule has 0 aliphatic rings. The smallest absolute Gasteiger partial charge is 0.411 e. The first-order valence-electron chi connectivity index (χ1n) is 2.13. The van der Waals surface area contributed by atoms with E-state index in [1.807, 2.05) is 0 Å². The third-order valence-electron chi connectivity index (χ3n) is 0.606. The summed E-state index contributed by atoms with van der Waals surface area (Å²) in [6, 6.07) is 0. The van der Waals surface area contributed by atoms with Crippen LogP contribution in [0.1, 0.15) is 0 Å². The van der Waals surface area contributed by atoms with E-state index >= 15 is 0 Å². The van der Waals surface area contributed by atoms with Gasteiger partial charge in [0.25, 0.3) is 0 Å². The molecule has 0 aromatic heterocycles. The van der Waals surface area contributed by atoms with Crippen molar-refractivity contribution >= 4 is 12.6 Å². The van der Waals surface area contributed by atoms with Crippen molar-refractivity contribution in [2.45, 2.75) is 0 Å². The molecule has 0 saturated carbocycles. The van der Waals surface area contributed by atoms with Gasteiger partial charge < -0.3 is 10.5 Å². The van der Waals surface area contributed by atoms with E-state index in [4.69, 9.17) is 0 Å². The van der Waals surface area contributed by atoms with E-state index in [0.717, 1.165) is 0 Å². The number of rotatable bonds is 2. The van der Waals surface area contributed by atoms with E-state index in [1.54, 1.807) is 7.05 Å². The summed E-state index contributed by atoms with van der Waals surface area (Å²) < 4.78 is 0.0521. The minimum atomic E-state index is -0.563. The fraction of sp³-hybridized carbons (Fsp3) is 0.500. The molecular weight excluding hydrogens is 108 g/mol. The first kappa shape index (κ1) is 7.10. The molecule has 4 heteroatoms. The Hall–Kier alpha value is -0.900. The van der Waals surface area contributed by atoms with Gasteiger partial charge in [0.2, 0.25) is 0 Å². The summed E-state index contributed by atoms with van der Waals surface area (Å²) in [5.74, 6) is -0.563. The molecular formula is C4H8N2O2. The van der Waals surface area contributed by atoms with Crippen LogP contribution in [0.25, 0.3) is 0 Å². The highest BCUT2D eigenvalue weighted by Crippen LogP contribution is 1.66. The molecule has 0 bridgehead atoms. The number of hydrogen-bond acceptors (Lipinski definition) is 3. The van der Waals surface area contributed by atoms with Crippen molar-refractivity contribution < 1.29 is 9.53 Å². The summed E-state index contributed by atoms with van der Waals surface area (Å²) in [6.07, 6.45) is 0. The fourth-order valence-electron chi connectivity index (χ4n) is 0.239. The number of carbonyl (C=O) groups is 1. The zero-order valence-electron chi connectivity index (χ0n) is 4.68. The van der Waals surface area contributed by atoms with Gasteiger partial charge in [-0.05, 0) is 7.05 Å². The third-order valence-corrected chi connectivity index (χ3v) is 0.606. The molecule has 0 aliphatic heterocycles. The highest BCUT2D eigenvalue weighted by molar-refractivity contribution is 5.71. The van der Waals surface area contributed by atoms with Crippen LogP contribution in [0, 0.1) is 5.21 Å². The van der Waals surface area contributed by atoms with E-state index < -0.39 is 5.91 Å². The first-order chi connectivity index (χ1) is 3.68. The second-order valence-corrected chi connectivity index (χ2v) is 1.30. The summed E-state index contributed by atoms with van der Waals surface area (Å²) in [5.41, 5.74) is 0. The van der Waals surface area contributed by atoms with Crippen LogP contribution in [0.4, 0.5) is 0 Å². The quantitative estimate of drug-likeness (QED) is 0.216. The maximum atomic E-state index is 10.2. The lowest BCUT2D eigenvalue weighted by atomic mass is 10.6. The maximum absolute atomic E-state index is 10.2. The molecule has 0 aromatic carbocycles. The predicted octanol–water partition coefficient (Wildman–Crippen LogP) is -1.06. The molecule has 0 radical (unpaired) electrons. The van der Waals surface area contributed by atoms with Gasteiger partial charge in [0.15, 0.2) is 0 Å². The number of nitrogens with one attached hydrogen (secondary N) is 1. The van der Waals surface area contributed by atoms with E-state index in [2.05, 4.69) is 12.0 Å². The van der Waals surface area contributed by atoms with Crippen LogP contribution in [0.3, 0.4) is 0 Å². The van der Waals surface area contributed by atoms with Crippen molar-refractivity contribution in [3.05, 3.63) is 5.21 Å². The highest BCUT2D eigenvalue weighted by Gasteiger charge is 2.03. The number of amides is 1. The van der Waals surface area contributed by atoms with E-state index in [0.29, 0.717) is 0 Å². The molecule has 46 valence electrons. The zero-order valence-corrected chi connectivity index (χ0v) is 4.68. The minimum absolute atomic E-state index is 0.0486. The Morgan fingerprint density at radius 1 is 2.00 bits per heavy atom. The summed E-state index contributed by atoms with van der Waals surface area (Å²) in [5, 5.41) is 12.5. The Morgan fingerprint density at radius 2 is 2.50 bits per heavy atom. The van der Waals surface area contributed by atoms with Crippen LogP contribution in [-0.2, 0) is 4.79 Å². The Kier molecular flexibility index (Phi) is 2.79. The number of hydrogen-bond donors (Lipinski definition) is 1. The van der Waals surface area contributed by atoms with Gasteiger partial charge in [-0.3, -0.25) is 0 Å². The number of hydroxylamine groups is 1. The molecule has 0 fully saturated rings. The van der Waals surface area contributed by atoms with Gasteiger partial charge in [0.05, 0.1) is 0 Å². The predicted molar refractivity (Wildman–Crippen MR) is 29.7 cm³/mol. The van der Waals surface area contributed by atoms with E-state index in [9.17, 15) is 10.0 Å². The number of likely N-dealkylation sites (N-methyl/N-ethyl adjacent to an activating group) is 1. The van der Waals surface area contributed by atoms with Crippen LogP contribution in [0.5, 0.6) is 0 Å². The van der Waals surface area contributed by atoms with Crippen molar-refractivity contribution in [3.63, 3.8) is 0 Å². The van der Waals surface area contributed by atoms with E-state index in [-0.39, 0.29) is 11.3 Å². The van der Waals surface area contributed by atoms with Gasteiger partial charge >= 0.3 is 5.91 Å². The average molecular weight is 116 g/mol. The molecule has 0 aromatic rings. The Labute approximate surface area is 47.4 Å². The van der Waals surface area contributed by atoms with Crippen LogP contribution < -0.4 is 5.32 Å². The molecule has 0 atom stereocenters. The van der Waals surface area contributed by atoms with Crippen LogP contribution in [0.15, 0.2) is 0 Å². The lowest BCUT2D eigenvalue weighted by Crippen LogP contribution is -2.25. The third kappa shape index (κ3) is 2.30. The molecule has 0 spiro atoms. The standard InChI is InChI=1S/C4H8N2O2/c1-5-3-4(7)6(2)8/h5H,2-3H2,1H3. The van der Waals surface area contributed by atoms with Gasteiger partial charge in [-0.1, -0.05) is 0 Å². The van der Waals surface area contributed by atoms with Gasteiger partial charge in [-0.25, -0.2) is 4.79 Å². The Balaban J connectivity index is 3.49. The zero-order chi connectivity index (χ0) is 6.57. The van der Waals surface area contributed by atoms with Crippen molar-refractivity contribution in [2.24, 2.45) is 0 Å². The number of carbonyl (C=O) groups excluding carboxylic acids is 1. The van der Waals surface area contributed by atoms with Crippen molar-refractivity contribution in [2.75, 3.05) is 13.6 Å². The molecule has 4 nitrogen and oxygen atoms in total. The van der Waals surface area contributed by atoms with Gasteiger partial charge in [-0.2, -0.15) is 0 Å². The van der Waals surface area contributed by atoms with Gasteiger partial charge in [-0.15, -0.1) is 4.74 Å². The first-order valence-corrected chi connectivity index (χ1v) is 2.13. The molecule has 0 saturated heterocycles. The molecule has 0 unspecified atom stereocenters. The summed E-state index contributed by atoms with van der Waals surface area (Å²) >= 11 is 0. The van der Waals surface area contributed by atoms with Crippen LogP contribution >= 0.6 is 0 Å². The lowest BCUT2D eigenvalue weighted by molar-refractivity contribution is -0.372. The second-order valence-electron chi connectivity index (χ2n) is 1.30. The van der Waals surface area contributed by atoms with Gasteiger partial charge in [0, 0.05) is 0 Å². The normalized spacial score (nSPS) is 8.62. The van der Waals surface area contributed by atoms with Crippen molar-refractivity contribution in [3.8, 4) is 0 Å². The van der Waals surface area contributed by atoms with Gasteiger partial charge in [0.1, 0.15) is 13.3 Å². The summed E-state index contributed by atoms with van der Waals surface area (Å²) in [4.78, 5) is 10.2. The van der Waals surface area contributed by atoms with Crippen molar-refractivity contribution in [1.82, 2.24) is 5.32 Å². The van der Waals surface area contributed by atoms with Crippen molar-refractivity contribution in [1.29, 1.82) is 0 Å². The topological polar surface area (TPSA) is 55.2 Å². The molecule has 1 N–H and O–H groups in total. The summed E-state index contributed by atoms with van der Waals surface area (Å²) in [7, 11) is 1.58. The molecule has 0 heterocycles. The summed E-state index contributed by atoms with van der Waals surface area (Å²) in [6.45, 7) is 2.89. The maximum Gasteiger partial charge on any atom is 0.411 e. The average Bonchev–Trinajstić information content (AvgIpc) is 1.67. The Morgan fingerprint density at radius 3 is 2.62 bits per heavy atom. The molecule has 0 rings (SSSR count). The lowest BCUT2D eigenvalue weighted by Gasteiger charge is -1.95. The largest absolute Gasteiger partial charge is 0.617 e. The second kappa shape index (κ2) is 3.15. The molecule has 0 aliphatic carbocycles. The Bertz CT molecular complexity index is 111. The van der Waals surface area contributed by atoms with Crippen LogP contribution in [0.2, 0.25) is 0 Å². The fourth-order valence-corrected chi connectivity index (χ4v) is 0.239. The minimum Gasteiger partial charge on any atom is -0.617 e. The van der Waals surface area contributed by atoms with E-state index in [1.165, 1.54) is 0 Å². The SMILES string of the molecule is C=[N+]([O-])C(=O)CNC. The van der Waals surface area contributed by atoms with Crippen LogP contribution in [-0.4, -0.2) is 31.0 Å². The number of nitrogens with zero attached hydrogens (tertiary/aromatic N) is 1. The molecule has 8 heavy (non-hydrogen) atoms. The highest BCUT2D eigenvalue weighted by atomic mass is 16.5. The monoisotopic (exact) mass is 116 g/mol.